The lowest BCUT2D eigenvalue weighted by Gasteiger charge is -2.18. The molecule has 7 heteroatoms. The lowest BCUT2D eigenvalue weighted by atomic mass is 10.1. The lowest BCUT2D eigenvalue weighted by molar-refractivity contribution is 0.0989. The normalized spacial score (nSPS) is 13.4. The number of nitrogens with one attached hydrogen (secondary N) is 1. The fraction of sp³-hybridized carbons (Fsp3) is 0.143. The highest BCUT2D eigenvalue weighted by atomic mass is 32.2. The van der Waals surface area contributed by atoms with Crippen molar-refractivity contribution in [2.45, 2.75) is 17.9 Å². The van der Waals surface area contributed by atoms with Gasteiger partial charge in [0.25, 0.3) is 5.91 Å². The molecule has 6 nitrogen and oxygen atoms in total. The standard InChI is InChI=1S/C21H19N3O3S/c25-21(24-13-11-16-6-1-2-10-20(16)24)17-7-5-9-19(14-17)28(26,27)23-15-18-8-3-4-12-22-18/h1-10,12,14,23H,11,13,15H2. The summed E-state index contributed by atoms with van der Waals surface area (Å²) in [4.78, 5) is 18.8. The highest BCUT2D eigenvalue weighted by molar-refractivity contribution is 7.89. The zero-order chi connectivity index (χ0) is 19.6. The maximum absolute atomic E-state index is 13.0. The predicted molar refractivity (Wildman–Crippen MR) is 107 cm³/mol. The maximum atomic E-state index is 13.0. The SMILES string of the molecule is O=C(c1cccc(S(=O)(=O)NCc2ccccn2)c1)N1CCc2ccccc21. The third-order valence-electron chi connectivity index (χ3n) is 4.69. The van der Waals surface area contributed by atoms with Crippen molar-refractivity contribution in [1.82, 2.24) is 9.71 Å². The summed E-state index contributed by atoms with van der Waals surface area (Å²) in [5.74, 6) is -0.202. The Morgan fingerprint density at radius 3 is 2.68 bits per heavy atom. The van der Waals surface area contributed by atoms with Gasteiger partial charge in [-0.3, -0.25) is 9.78 Å². The zero-order valence-corrected chi connectivity index (χ0v) is 15.9. The summed E-state index contributed by atoms with van der Waals surface area (Å²) in [5.41, 5.74) is 2.97. The van der Waals surface area contributed by atoms with Crippen LogP contribution >= 0.6 is 0 Å². The zero-order valence-electron chi connectivity index (χ0n) is 15.1. The van der Waals surface area contributed by atoms with Gasteiger partial charge in [0.05, 0.1) is 17.1 Å². The summed E-state index contributed by atoms with van der Waals surface area (Å²) in [6, 6.07) is 19.2. The number of anilines is 1. The molecule has 1 aromatic heterocycles. The Hall–Kier alpha value is -3.03. The van der Waals surface area contributed by atoms with E-state index in [2.05, 4.69) is 9.71 Å². The number of rotatable bonds is 5. The Bertz CT molecular complexity index is 1110. The summed E-state index contributed by atoms with van der Waals surface area (Å²) in [5, 5.41) is 0. The molecule has 2 heterocycles. The number of nitrogens with zero attached hydrogens (tertiary/aromatic N) is 2. The highest BCUT2D eigenvalue weighted by Crippen LogP contribution is 2.29. The topological polar surface area (TPSA) is 79.4 Å². The Kier molecular flexibility index (Phi) is 4.93. The number of hydrogen-bond acceptors (Lipinski definition) is 4. The van der Waals surface area contributed by atoms with E-state index < -0.39 is 10.0 Å². The number of aromatic nitrogens is 1. The van der Waals surface area contributed by atoms with Crippen molar-refractivity contribution < 1.29 is 13.2 Å². The van der Waals surface area contributed by atoms with Crippen molar-refractivity contribution >= 4 is 21.6 Å². The van der Waals surface area contributed by atoms with Crippen LogP contribution in [-0.2, 0) is 23.0 Å². The van der Waals surface area contributed by atoms with Gasteiger partial charge in [-0.05, 0) is 48.4 Å². The lowest BCUT2D eigenvalue weighted by Crippen LogP contribution is -2.29. The number of sulfonamides is 1. The molecule has 28 heavy (non-hydrogen) atoms. The van der Waals surface area contributed by atoms with E-state index in [4.69, 9.17) is 0 Å². The van der Waals surface area contributed by atoms with Crippen molar-refractivity contribution in [3.63, 3.8) is 0 Å². The van der Waals surface area contributed by atoms with Crippen molar-refractivity contribution in [2.24, 2.45) is 0 Å². The molecule has 1 amide bonds. The van der Waals surface area contributed by atoms with Gasteiger partial charge in [-0.2, -0.15) is 0 Å². The van der Waals surface area contributed by atoms with Crippen LogP contribution in [0.3, 0.4) is 0 Å². The number of pyridine rings is 1. The molecule has 0 aliphatic carbocycles. The van der Waals surface area contributed by atoms with Crippen LogP contribution in [0.25, 0.3) is 0 Å². The van der Waals surface area contributed by atoms with E-state index in [1.165, 1.54) is 12.1 Å². The third-order valence-corrected chi connectivity index (χ3v) is 6.09. The van der Waals surface area contributed by atoms with Crippen LogP contribution in [0.1, 0.15) is 21.6 Å². The molecule has 0 atom stereocenters. The van der Waals surface area contributed by atoms with Crippen molar-refractivity contribution in [2.75, 3.05) is 11.4 Å². The Balaban J connectivity index is 1.55. The molecule has 142 valence electrons. The van der Waals surface area contributed by atoms with Gasteiger partial charge in [-0.25, -0.2) is 13.1 Å². The molecule has 0 saturated carbocycles. The maximum Gasteiger partial charge on any atom is 0.258 e. The average molecular weight is 393 g/mol. The van der Waals surface area contributed by atoms with Crippen molar-refractivity contribution in [1.29, 1.82) is 0 Å². The second-order valence-electron chi connectivity index (χ2n) is 6.51. The van der Waals surface area contributed by atoms with E-state index in [0.29, 0.717) is 17.8 Å². The van der Waals surface area contributed by atoms with E-state index in [1.807, 2.05) is 24.3 Å². The number of amides is 1. The van der Waals surface area contributed by atoms with E-state index >= 15 is 0 Å². The van der Waals surface area contributed by atoms with Crippen LogP contribution in [-0.4, -0.2) is 25.9 Å². The minimum atomic E-state index is -3.76. The molecule has 0 saturated heterocycles. The number of hydrogen-bond donors (Lipinski definition) is 1. The minimum absolute atomic E-state index is 0.0572. The smallest absolute Gasteiger partial charge is 0.258 e. The number of carbonyl (C=O) groups is 1. The second kappa shape index (κ2) is 7.53. The van der Waals surface area contributed by atoms with Gasteiger partial charge in [-0.1, -0.05) is 30.3 Å². The molecule has 2 aromatic carbocycles. The summed E-state index contributed by atoms with van der Waals surface area (Å²) in [6.45, 7) is 0.675. The minimum Gasteiger partial charge on any atom is -0.308 e. The third kappa shape index (κ3) is 3.67. The molecule has 0 unspecified atom stereocenters. The van der Waals surface area contributed by atoms with Gasteiger partial charge in [0.1, 0.15) is 0 Å². The number of para-hydroxylation sites is 1. The summed E-state index contributed by atoms with van der Waals surface area (Å²) in [7, 11) is -3.76. The first-order valence-electron chi connectivity index (χ1n) is 8.94. The molecular formula is C21H19N3O3S. The van der Waals surface area contributed by atoms with Gasteiger partial charge in [-0.15, -0.1) is 0 Å². The fourth-order valence-electron chi connectivity index (χ4n) is 3.26. The number of carbonyl (C=O) groups excluding carboxylic acids is 1. The molecule has 0 spiro atoms. The highest BCUT2D eigenvalue weighted by Gasteiger charge is 2.26. The van der Waals surface area contributed by atoms with Crippen LogP contribution in [0.4, 0.5) is 5.69 Å². The first-order chi connectivity index (χ1) is 13.5. The molecular weight excluding hydrogens is 374 g/mol. The van der Waals surface area contributed by atoms with Crippen LogP contribution < -0.4 is 9.62 Å². The van der Waals surface area contributed by atoms with Crippen LogP contribution in [0.15, 0.2) is 77.8 Å². The van der Waals surface area contributed by atoms with Crippen molar-refractivity contribution in [3.8, 4) is 0 Å². The number of benzene rings is 2. The first kappa shape index (κ1) is 18.3. The Morgan fingerprint density at radius 1 is 1.04 bits per heavy atom. The molecule has 1 N–H and O–H groups in total. The van der Waals surface area contributed by atoms with Crippen molar-refractivity contribution in [3.05, 3.63) is 89.7 Å². The van der Waals surface area contributed by atoms with Crippen LogP contribution in [0.2, 0.25) is 0 Å². The van der Waals surface area contributed by atoms with Gasteiger partial charge in [0, 0.05) is 24.0 Å². The van der Waals surface area contributed by atoms with Gasteiger partial charge >= 0.3 is 0 Å². The van der Waals surface area contributed by atoms with E-state index in [9.17, 15) is 13.2 Å². The summed E-state index contributed by atoms with van der Waals surface area (Å²) >= 11 is 0. The average Bonchev–Trinajstić information content (AvgIpc) is 3.17. The second-order valence-corrected chi connectivity index (χ2v) is 8.28. The van der Waals surface area contributed by atoms with E-state index in [0.717, 1.165) is 17.7 Å². The van der Waals surface area contributed by atoms with Gasteiger partial charge < -0.3 is 4.90 Å². The largest absolute Gasteiger partial charge is 0.308 e. The number of fused-ring (bicyclic) bond motifs is 1. The summed E-state index contributed by atoms with van der Waals surface area (Å²) in [6.07, 6.45) is 2.41. The first-order valence-corrected chi connectivity index (χ1v) is 10.4. The Labute approximate surface area is 163 Å². The van der Waals surface area contributed by atoms with Gasteiger partial charge in [0.2, 0.25) is 10.0 Å². The molecule has 0 fully saturated rings. The molecule has 4 rings (SSSR count). The van der Waals surface area contributed by atoms with Crippen LogP contribution in [0, 0.1) is 0 Å². The quantitative estimate of drug-likeness (QED) is 0.723. The van der Waals surface area contributed by atoms with E-state index in [-0.39, 0.29) is 17.3 Å². The van der Waals surface area contributed by atoms with E-state index in [1.54, 1.807) is 41.4 Å². The van der Waals surface area contributed by atoms with Gasteiger partial charge in [0.15, 0.2) is 0 Å². The Morgan fingerprint density at radius 2 is 1.86 bits per heavy atom. The fourth-order valence-corrected chi connectivity index (χ4v) is 4.30. The van der Waals surface area contributed by atoms with Crippen LogP contribution in [0.5, 0.6) is 0 Å². The molecule has 0 radical (unpaired) electrons. The monoisotopic (exact) mass is 393 g/mol. The molecule has 0 bridgehead atoms. The molecule has 1 aliphatic heterocycles. The molecule has 1 aliphatic rings. The summed E-state index contributed by atoms with van der Waals surface area (Å²) < 4.78 is 27.8. The predicted octanol–water partition coefficient (Wildman–Crippen LogP) is 2.76. The molecule has 3 aromatic rings.